The molecule has 1 aliphatic carbocycles. The van der Waals surface area contributed by atoms with Crippen LogP contribution < -0.4 is 5.73 Å². The van der Waals surface area contributed by atoms with E-state index in [1.165, 1.54) is 0 Å². The summed E-state index contributed by atoms with van der Waals surface area (Å²) in [7, 11) is 0. The van der Waals surface area contributed by atoms with E-state index in [2.05, 4.69) is 11.9 Å². The van der Waals surface area contributed by atoms with Crippen LogP contribution in [0.15, 0.2) is 5.38 Å². The van der Waals surface area contributed by atoms with Crippen molar-refractivity contribution in [3.8, 4) is 0 Å². The number of aryl methyl sites for hydroxylation is 1. The van der Waals surface area contributed by atoms with Crippen LogP contribution in [0.5, 0.6) is 0 Å². The number of nitrogens with zero attached hydrogens (tertiary/aromatic N) is 1. The maximum atomic E-state index is 10.6. The molecule has 0 saturated heterocycles. The van der Waals surface area contributed by atoms with Gasteiger partial charge in [0.25, 0.3) is 0 Å². The molecule has 1 heterocycles. The fraction of sp³-hybridized carbons (Fsp3) is 0.769. The SMILES string of the molecule is Cc1nc(C(O)C2(CN)CCC(C)CC2)cs1. The average molecular weight is 254 g/mol. The summed E-state index contributed by atoms with van der Waals surface area (Å²) in [6.45, 7) is 4.80. The van der Waals surface area contributed by atoms with Crippen LogP contribution in [0.4, 0.5) is 0 Å². The standard InChI is InChI=1S/C13H22N2OS/c1-9-3-5-13(8-14,6-4-9)12(16)11-7-17-10(2)15-11/h7,9,12,16H,3-6,8,14H2,1-2H3. The topological polar surface area (TPSA) is 59.1 Å². The molecular formula is C13H22N2OS. The van der Waals surface area contributed by atoms with Crippen molar-refractivity contribution in [2.45, 2.75) is 45.6 Å². The van der Waals surface area contributed by atoms with Gasteiger partial charge in [-0.05, 0) is 25.7 Å². The van der Waals surface area contributed by atoms with Crippen LogP contribution in [0.2, 0.25) is 0 Å². The largest absolute Gasteiger partial charge is 0.386 e. The van der Waals surface area contributed by atoms with E-state index < -0.39 is 6.10 Å². The van der Waals surface area contributed by atoms with E-state index in [1.807, 2.05) is 12.3 Å². The molecule has 0 aromatic carbocycles. The number of hydrogen-bond acceptors (Lipinski definition) is 4. The summed E-state index contributed by atoms with van der Waals surface area (Å²) in [6.07, 6.45) is 3.87. The van der Waals surface area contributed by atoms with Crippen LogP contribution >= 0.6 is 11.3 Å². The molecule has 4 heteroatoms. The zero-order chi connectivity index (χ0) is 12.5. The van der Waals surface area contributed by atoms with Crippen LogP contribution in [0.1, 0.15) is 49.4 Å². The van der Waals surface area contributed by atoms with Gasteiger partial charge in [0.15, 0.2) is 0 Å². The van der Waals surface area contributed by atoms with Gasteiger partial charge >= 0.3 is 0 Å². The Morgan fingerprint density at radius 2 is 2.24 bits per heavy atom. The highest BCUT2D eigenvalue weighted by molar-refractivity contribution is 7.09. The summed E-state index contributed by atoms with van der Waals surface area (Å²) in [4.78, 5) is 4.41. The number of aliphatic hydroxyl groups is 1. The third kappa shape index (κ3) is 2.54. The van der Waals surface area contributed by atoms with Crippen molar-refractivity contribution in [2.24, 2.45) is 17.1 Å². The summed E-state index contributed by atoms with van der Waals surface area (Å²) in [5.74, 6) is 0.763. The van der Waals surface area contributed by atoms with Crippen LogP contribution in [-0.2, 0) is 0 Å². The number of hydrogen-bond donors (Lipinski definition) is 2. The molecule has 0 bridgehead atoms. The summed E-state index contributed by atoms with van der Waals surface area (Å²) < 4.78 is 0. The molecule has 1 saturated carbocycles. The van der Waals surface area contributed by atoms with Crippen LogP contribution in [0.25, 0.3) is 0 Å². The fourth-order valence-corrected chi connectivity index (χ4v) is 3.38. The molecule has 1 fully saturated rings. The van der Waals surface area contributed by atoms with Crippen molar-refractivity contribution < 1.29 is 5.11 Å². The van der Waals surface area contributed by atoms with E-state index in [1.54, 1.807) is 11.3 Å². The van der Waals surface area contributed by atoms with Crippen LogP contribution in [0, 0.1) is 18.3 Å². The Morgan fingerprint density at radius 1 is 1.59 bits per heavy atom. The highest BCUT2D eigenvalue weighted by Crippen LogP contribution is 2.46. The molecule has 0 amide bonds. The van der Waals surface area contributed by atoms with Crippen LogP contribution in [-0.4, -0.2) is 16.6 Å². The molecule has 3 N–H and O–H groups in total. The minimum Gasteiger partial charge on any atom is -0.386 e. The van der Waals surface area contributed by atoms with Gasteiger partial charge in [-0.3, -0.25) is 0 Å². The van der Waals surface area contributed by atoms with Crippen molar-refractivity contribution in [1.29, 1.82) is 0 Å². The molecule has 1 unspecified atom stereocenters. The molecule has 17 heavy (non-hydrogen) atoms. The lowest BCUT2D eigenvalue weighted by Gasteiger charge is -2.41. The van der Waals surface area contributed by atoms with Gasteiger partial charge in [-0.15, -0.1) is 11.3 Å². The van der Waals surface area contributed by atoms with E-state index in [0.717, 1.165) is 42.3 Å². The molecule has 96 valence electrons. The lowest BCUT2D eigenvalue weighted by molar-refractivity contribution is -0.0105. The first kappa shape index (κ1) is 13.0. The van der Waals surface area contributed by atoms with Gasteiger partial charge in [-0.1, -0.05) is 19.8 Å². The van der Waals surface area contributed by atoms with Crippen molar-refractivity contribution in [3.63, 3.8) is 0 Å². The van der Waals surface area contributed by atoms with Gasteiger partial charge < -0.3 is 10.8 Å². The lowest BCUT2D eigenvalue weighted by Crippen LogP contribution is -2.40. The highest BCUT2D eigenvalue weighted by Gasteiger charge is 2.41. The van der Waals surface area contributed by atoms with E-state index in [9.17, 15) is 5.11 Å². The summed E-state index contributed by atoms with van der Waals surface area (Å²) in [5, 5.41) is 13.5. The molecule has 2 rings (SSSR count). The highest BCUT2D eigenvalue weighted by atomic mass is 32.1. The van der Waals surface area contributed by atoms with Gasteiger partial charge in [0.2, 0.25) is 0 Å². The van der Waals surface area contributed by atoms with Gasteiger partial charge in [0.1, 0.15) is 6.10 Å². The van der Waals surface area contributed by atoms with E-state index in [-0.39, 0.29) is 5.41 Å². The Morgan fingerprint density at radius 3 is 2.71 bits per heavy atom. The van der Waals surface area contributed by atoms with Gasteiger partial charge in [-0.25, -0.2) is 4.98 Å². The molecule has 1 aromatic rings. The minimum atomic E-state index is -0.495. The smallest absolute Gasteiger partial charge is 0.104 e. The third-order valence-electron chi connectivity index (χ3n) is 4.17. The molecule has 0 spiro atoms. The molecule has 1 aromatic heterocycles. The molecular weight excluding hydrogens is 232 g/mol. The first-order valence-corrected chi connectivity index (χ1v) is 7.25. The van der Waals surface area contributed by atoms with E-state index >= 15 is 0 Å². The number of nitrogens with two attached hydrogens (primary N) is 1. The number of aromatic nitrogens is 1. The van der Waals surface area contributed by atoms with Crippen LogP contribution in [0.3, 0.4) is 0 Å². The molecule has 0 aliphatic heterocycles. The van der Waals surface area contributed by atoms with E-state index in [4.69, 9.17) is 5.73 Å². The maximum absolute atomic E-state index is 10.6. The Kier molecular flexibility index (Phi) is 3.85. The third-order valence-corrected chi connectivity index (χ3v) is 4.97. The second kappa shape index (κ2) is 5.04. The zero-order valence-electron chi connectivity index (χ0n) is 10.6. The molecule has 1 atom stereocenters. The fourth-order valence-electron chi connectivity index (χ4n) is 2.75. The second-order valence-corrected chi connectivity index (χ2v) is 6.51. The predicted octanol–water partition coefficient (Wildman–Crippen LogP) is 2.64. The summed E-state index contributed by atoms with van der Waals surface area (Å²) in [5.41, 5.74) is 6.61. The number of aliphatic hydroxyl groups excluding tert-OH is 1. The van der Waals surface area contributed by atoms with Crippen molar-refractivity contribution in [1.82, 2.24) is 4.98 Å². The monoisotopic (exact) mass is 254 g/mol. The predicted molar refractivity (Wildman–Crippen MR) is 70.9 cm³/mol. The zero-order valence-corrected chi connectivity index (χ0v) is 11.5. The Hall–Kier alpha value is -0.450. The quantitative estimate of drug-likeness (QED) is 0.871. The molecule has 0 radical (unpaired) electrons. The van der Waals surface area contributed by atoms with Crippen molar-refractivity contribution in [3.05, 3.63) is 16.1 Å². The maximum Gasteiger partial charge on any atom is 0.104 e. The molecule has 3 nitrogen and oxygen atoms in total. The van der Waals surface area contributed by atoms with Gasteiger partial charge in [0.05, 0.1) is 10.7 Å². The van der Waals surface area contributed by atoms with Gasteiger partial charge in [-0.2, -0.15) is 0 Å². The number of rotatable bonds is 3. The Bertz CT molecular complexity index is 369. The minimum absolute atomic E-state index is 0.146. The van der Waals surface area contributed by atoms with Crippen molar-refractivity contribution >= 4 is 11.3 Å². The first-order valence-electron chi connectivity index (χ1n) is 6.37. The Balaban J connectivity index is 2.17. The van der Waals surface area contributed by atoms with Crippen molar-refractivity contribution in [2.75, 3.05) is 6.54 Å². The summed E-state index contributed by atoms with van der Waals surface area (Å²) in [6, 6.07) is 0. The summed E-state index contributed by atoms with van der Waals surface area (Å²) >= 11 is 1.59. The normalized spacial score (nSPS) is 31.4. The molecule has 1 aliphatic rings. The second-order valence-electron chi connectivity index (χ2n) is 5.44. The average Bonchev–Trinajstić information content (AvgIpc) is 2.76. The number of thiazole rings is 1. The Labute approximate surface area is 107 Å². The van der Waals surface area contributed by atoms with Gasteiger partial charge in [0, 0.05) is 17.3 Å². The lowest BCUT2D eigenvalue weighted by atomic mass is 9.67. The van der Waals surface area contributed by atoms with E-state index in [0.29, 0.717) is 6.54 Å². The first-order chi connectivity index (χ1) is 8.07.